The Bertz CT molecular complexity index is 814. The summed E-state index contributed by atoms with van der Waals surface area (Å²) < 4.78 is 0.812. The molecule has 0 saturated heterocycles. The SMILES string of the molecule is CCCC(NC(=O)c1cccc(Br)c1)C(=O)NCCc1ccc(Cl)cc1Cl. The second-order valence-corrected chi connectivity index (χ2v) is 7.86. The van der Waals surface area contributed by atoms with Gasteiger partial charge in [-0.1, -0.05) is 64.6 Å². The Morgan fingerprint density at radius 2 is 1.93 bits per heavy atom. The molecule has 1 unspecified atom stereocenters. The summed E-state index contributed by atoms with van der Waals surface area (Å²) in [5.41, 5.74) is 1.41. The molecule has 2 amide bonds. The molecular formula is C20H21BrCl2N2O2. The molecule has 0 bridgehead atoms. The Morgan fingerprint density at radius 3 is 2.59 bits per heavy atom. The first-order valence-corrected chi connectivity index (χ1v) is 10.2. The van der Waals surface area contributed by atoms with Crippen LogP contribution in [0.3, 0.4) is 0 Å². The Hall–Kier alpha value is -1.56. The number of carbonyl (C=O) groups excluding carboxylic acids is 2. The van der Waals surface area contributed by atoms with Crippen molar-refractivity contribution in [2.24, 2.45) is 0 Å². The molecule has 0 aliphatic heterocycles. The maximum Gasteiger partial charge on any atom is 0.251 e. The Balaban J connectivity index is 1.92. The van der Waals surface area contributed by atoms with Crippen LogP contribution >= 0.6 is 39.1 Å². The zero-order chi connectivity index (χ0) is 19.8. The molecular weight excluding hydrogens is 451 g/mol. The Kier molecular flexibility index (Phi) is 8.61. The number of carbonyl (C=O) groups is 2. The molecule has 0 heterocycles. The molecule has 0 radical (unpaired) electrons. The maximum absolute atomic E-state index is 12.5. The van der Waals surface area contributed by atoms with Crippen molar-refractivity contribution >= 4 is 50.9 Å². The summed E-state index contributed by atoms with van der Waals surface area (Å²) in [4.78, 5) is 24.9. The van der Waals surface area contributed by atoms with E-state index in [2.05, 4.69) is 26.6 Å². The lowest BCUT2D eigenvalue weighted by atomic mass is 10.1. The van der Waals surface area contributed by atoms with Crippen molar-refractivity contribution in [3.8, 4) is 0 Å². The first-order valence-electron chi connectivity index (χ1n) is 8.68. The third-order valence-corrected chi connectivity index (χ3v) is 5.07. The van der Waals surface area contributed by atoms with E-state index >= 15 is 0 Å². The van der Waals surface area contributed by atoms with Gasteiger partial charge in [0.05, 0.1) is 0 Å². The Labute approximate surface area is 177 Å². The predicted molar refractivity (Wildman–Crippen MR) is 113 cm³/mol. The van der Waals surface area contributed by atoms with Gasteiger partial charge in [0.1, 0.15) is 6.04 Å². The van der Waals surface area contributed by atoms with Gasteiger partial charge in [-0.2, -0.15) is 0 Å². The standard InChI is InChI=1S/C20H21BrCl2N2O2/c1-2-4-18(25-19(26)14-5-3-6-15(21)11-14)20(27)24-10-9-13-7-8-16(22)12-17(13)23/h3,5-8,11-12,18H,2,4,9-10H2,1H3,(H,24,27)(H,25,26). The van der Waals surface area contributed by atoms with Gasteiger partial charge in [0, 0.05) is 26.6 Å². The molecule has 2 aromatic carbocycles. The van der Waals surface area contributed by atoms with E-state index in [-0.39, 0.29) is 11.8 Å². The van der Waals surface area contributed by atoms with Crippen LogP contribution in [0.25, 0.3) is 0 Å². The number of rotatable bonds is 8. The third-order valence-electron chi connectivity index (χ3n) is 3.99. The number of halogens is 3. The monoisotopic (exact) mass is 470 g/mol. The van der Waals surface area contributed by atoms with E-state index in [0.29, 0.717) is 35.0 Å². The molecule has 0 aliphatic rings. The van der Waals surface area contributed by atoms with Gasteiger partial charge in [-0.05, 0) is 48.7 Å². The lowest BCUT2D eigenvalue weighted by molar-refractivity contribution is -0.123. The summed E-state index contributed by atoms with van der Waals surface area (Å²) in [7, 11) is 0. The van der Waals surface area contributed by atoms with Gasteiger partial charge >= 0.3 is 0 Å². The molecule has 27 heavy (non-hydrogen) atoms. The topological polar surface area (TPSA) is 58.2 Å². The van der Waals surface area contributed by atoms with Crippen molar-refractivity contribution in [3.63, 3.8) is 0 Å². The van der Waals surface area contributed by atoms with Crippen LogP contribution in [0.1, 0.15) is 35.7 Å². The van der Waals surface area contributed by atoms with E-state index in [1.54, 1.807) is 30.3 Å². The molecule has 0 aromatic heterocycles. The average molecular weight is 472 g/mol. The lowest BCUT2D eigenvalue weighted by Gasteiger charge is -2.18. The number of nitrogens with one attached hydrogen (secondary N) is 2. The van der Waals surface area contributed by atoms with E-state index in [1.165, 1.54) is 0 Å². The molecule has 2 rings (SSSR count). The van der Waals surface area contributed by atoms with Crippen LogP contribution in [0.15, 0.2) is 46.9 Å². The van der Waals surface area contributed by atoms with Gasteiger partial charge in [-0.3, -0.25) is 9.59 Å². The summed E-state index contributed by atoms with van der Waals surface area (Å²) >= 11 is 15.4. The highest BCUT2D eigenvalue weighted by atomic mass is 79.9. The first-order chi connectivity index (χ1) is 12.9. The van der Waals surface area contributed by atoms with Crippen molar-refractivity contribution in [3.05, 3.63) is 68.1 Å². The van der Waals surface area contributed by atoms with E-state index in [9.17, 15) is 9.59 Å². The number of hydrogen-bond donors (Lipinski definition) is 2. The molecule has 0 saturated carbocycles. The molecule has 0 fully saturated rings. The molecule has 4 nitrogen and oxygen atoms in total. The van der Waals surface area contributed by atoms with Crippen molar-refractivity contribution < 1.29 is 9.59 Å². The van der Waals surface area contributed by atoms with Crippen LogP contribution in [-0.4, -0.2) is 24.4 Å². The zero-order valence-corrected chi connectivity index (χ0v) is 18.0. The number of hydrogen-bond acceptors (Lipinski definition) is 2. The van der Waals surface area contributed by atoms with Crippen molar-refractivity contribution in [2.75, 3.05) is 6.54 Å². The van der Waals surface area contributed by atoms with Gasteiger partial charge in [-0.15, -0.1) is 0 Å². The van der Waals surface area contributed by atoms with Gasteiger partial charge < -0.3 is 10.6 Å². The second-order valence-electron chi connectivity index (χ2n) is 6.10. The Morgan fingerprint density at radius 1 is 1.15 bits per heavy atom. The fraction of sp³-hybridized carbons (Fsp3) is 0.300. The molecule has 1 atom stereocenters. The van der Waals surface area contributed by atoms with E-state index in [4.69, 9.17) is 23.2 Å². The van der Waals surface area contributed by atoms with E-state index in [1.807, 2.05) is 19.1 Å². The van der Waals surface area contributed by atoms with Crippen LogP contribution in [0.4, 0.5) is 0 Å². The van der Waals surface area contributed by atoms with Gasteiger partial charge in [0.25, 0.3) is 5.91 Å². The first kappa shape index (κ1) is 21.7. The largest absolute Gasteiger partial charge is 0.354 e. The molecule has 2 N–H and O–H groups in total. The van der Waals surface area contributed by atoms with Crippen molar-refractivity contribution in [2.45, 2.75) is 32.2 Å². The summed E-state index contributed by atoms with van der Waals surface area (Å²) in [5.74, 6) is -0.476. The molecule has 7 heteroatoms. The molecule has 0 spiro atoms. The fourth-order valence-electron chi connectivity index (χ4n) is 2.60. The summed E-state index contributed by atoms with van der Waals surface area (Å²) in [6.45, 7) is 2.40. The summed E-state index contributed by atoms with van der Waals surface area (Å²) in [6, 6.07) is 11.8. The van der Waals surface area contributed by atoms with Gasteiger partial charge in [-0.25, -0.2) is 0 Å². The average Bonchev–Trinajstić information content (AvgIpc) is 2.63. The van der Waals surface area contributed by atoms with Crippen LogP contribution in [0.5, 0.6) is 0 Å². The minimum absolute atomic E-state index is 0.203. The van der Waals surface area contributed by atoms with Crippen molar-refractivity contribution in [1.82, 2.24) is 10.6 Å². The maximum atomic E-state index is 12.5. The normalized spacial score (nSPS) is 11.7. The minimum atomic E-state index is -0.581. The highest BCUT2D eigenvalue weighted by Crippen LogP contribution is 2.21. The number of benzene rings is 2. The second kappa shape index (κ2) is 10.7. The molecule has 144 valence electrons. The van der Waals surface area contributed by atoms with Gasteiger partial charge in [0.2, 0.25) is 5.91 Å². The van der Waals surface area contributed by atoms with Crippen molar-refractivity contribution in [1.29, 1.82) is 0 Å². The smallest absolute Gasteiger partial charge is 0.251 e. The quantitative estimate of drug-likeness (QED) is 0.568. The van der Waals surface area contributed by atoms with Crippen LogP contribution in [0.2, 0.25) is 10.0 Å². The summed E-state index contributed by atoms with van der Waals surface area (Å²) in [5, 5.41) is 6.83. The molecule has 2 aromatic rings. The van der Waals surface area contributed by atoms with E-state index < -0.39 is 6.04 Å². The van der Waals surface area contributed by atoms with Crippen LogP contribution in [-0.2, 0) is 11.2 Å². The predicted octanol–water partition coefficient (Wildman–Crippen LogP) is 5.01. The van der Waals surface area contributed by atoms with E-state index in [0.717, 1.165) is 16.5 Å². The summed E-state index contributed by atoms with van der Waals surface area (Å²) in [6.07, 6.45) is 1.92. The minimum Gasteiger partial charge on any atom is -0.354 e. The lowest BCUT2D eigenvalue weighted by Crippen LogP contribution is -2.47. The van der Waals surface area contributed by atoms with Crippen LogP contribution in [0, 0.1) is 0 Å². The molecule has 0 aliphatic carbocycles. The third kappa shape index (κ3) is 6.83. The van der Waals surface area contributed by atoms with Gasteiger partial charge in [0.15, 0.2) is 0 Å². The van der Waals surface area contributed by atoms with Crippen LogP contribution < -0.4 is 10.6 Å². The number of amides is 2. The zero-order valence-electron chi connectivity index (χ0n) is 14.9. The highest BCUT2D eigenvalue weighted by molar-refractivity contribution is 9.10. The fourth-order valence-corrected chi connectivity index (χ4v) is 3.50. The highest BCUT2D eigenvalue weighted by Gasteiger charge is 2.20.